The third kappa shape index (κ3) is 12.6. The third-order valence-corrected chi connectivity index (χ3v) is 8.46. The van der Waals surface area contributed by atoms with Gasteiger partial charge in [-0.3, -0.25) is 19.7 Å². The van der Waals surface area contributed by atoms with Crippen molar-refractivity contribution < 1.29 is 33.4 Å². The van der Waals surface area contributed by atoms with Gasteiger partial charge in [-0.2, -0.15) is 0 Å². The molecule has 0 bridgehead atoms. The van der Waals surface area contributed by atoms with Crippen molar-refractivity contribution in [3.63, 3.8) is 0 Å². The van der Waals surface area contributed by atoms with Gasteiger partial charge in [0.05, 0.1) is 12.6 Å². The molecule has 1 aromatic rings. The van der Waals surface area contributed by atoms with Gasteiger partial charge in [-0.15, -0.1) is 0 Å². The maximum Gasteiger partial charge on any atom is 0.410 e. The summed E-state index contributed by atoms with van der Waals surface area (Å²) in [6, 6.07) is 8.79. The predicted molar refractivity (Wildman–Crippen MR) is 177 cm³/mol. The molecule has 46 heavy (non-hydrogen) atoms. The van der Waals surface area contributed by atoms with Crippen molar-refractivity contribution in [3.05, 3.63) is 35.9 Å². The molecule has 0 unspecified atom stereocenters. The lowest BCUT2D eigenvalue weighted by Crippen LogP contribution is -2.52. The highest BCUT2D eigenvalue weighted by Crippen LogP contribution is 2.29. The Morgan fingerprint density at radius 1 is 0.913 bits per heavy atom. The predicted octanol–water partition coefficient (Wildman–Crippen LogP) is 5.83. The third-order valence-electron chi connectivity index (χ3n) is 8.46. The van der Waals surface area contributed by atoms with Gasteiger partial charge in [0, 0.05) is 25.6 Å². The molecule has 2 heterocycles. The van der Waals surface area contributed by atoms with E-state index < -0.39 is 29.3 Å². The fourth-order valence-corrected chi connectivity index (χ4v) is 6.25. The molecule has 0 aromatic heterocycles. The van der Waals surface area contributed by atoms with Gasteiger partial charge in [0.25, 0.3) is 0 Å². The van der Waals surface area contributed by atoms with Crippen molar-refractivity contribution in [2.45, 2.75) is 129 Å². The summed E-state index contributed by atoms with van der Waals surface area (Å²) in [5.41, 5.74) is -0.0465. The Morgan fingerprint density at radius 2 is 1.57 bits per heavy atom. The molecule has 2 aliphatic heterocycles. The average molecular weight is 644 g/mol. The van der Waals surface area contributed by atoms with E-state index >= 15 is 0 Å². The van der Waals surface area contributed by atoms with Gasteiger partial charge in [-0.05, 0) is 92.1 Å². The number of esters is 2. The Balaban J connectivity index is 1.60. The summed E-state index contributed by atoms with van der Waals surface area (Å²) < 4.78 is 16.5. The number of likely N-dealkylation sites (tertiary alicyclic amines) is 2. The topological polar surface area (TPSA) is 114 Å². The molecule has 2 saturated heterocycles. The van der Waals surface area contributed by atoms with Gasteiger partial charge in [-0.1, -0.05) is 49.6 Å². The second-order valence-corrected chi connectivity index (χ2v) is 14.7. The van der Waals surface area contributed by atoms with Gasteiger partial charge in [-0.25, -0.2) is 4.79 Å². The Kier molecular flexibility index (Phi) is 13.9. The fourth-order valence-electron chi connectivity index (χ4n) is 6.25. The first-order valence-electron chi connectivity index (χ1n) is 17.1. The molecule has 1 N–H and O–H groups in total. The molecule has 1 aromatic carbocycles. The van der Waals surface area contributed by atoms with Crippen molar-refractivity contribution >= 4 is 23.9 Å². The maximum atomic E-state index is 13.9. The van der Waals surface area contributed by atoms with Crippen LogP contribution in [0.1, 0.15) is 111 Å². The lowest BCUT2D eigenvalue weighted by Gasteiger charge is -2.33. The van der Waals surface area contributed by atoms with Crippen LogP contribution in [0, 0.1) is 5.92 Å². The molecule has 10 nitrogen and oxygen atoms in total. The van der Waals surface area contributed by atoms with Crippen molar-refractivity contribution in [3.8, 4) is 0 Å². The zero-order valence-corrected chi connectivity index (χ0v) is 29.1. The first-order valence-corrected chi connectivity index (χ1v) is 17.1. The summed E-state index contributed by atoms with van der Waals surface area (Å²) in [7, 11) is 0. The molecule has 3 atom stereocenters. The number of hydrogen-bond donors (Lipinski definition) is 1. The van der Waals surface area contributed by atoms with Crippen LogP contribution in [0.25, 0.3) is 0 Å². The number of amides is 2. The fraction of sp³-hybridized carbons (Fsp3) is 0.722. The van der Waals surface area contributed by atoms with E-state index in [2.05, 4.69) is 17.4 Å². The largest absolute Gasteiger partial charge is 0.465 e. The highest BCUT2D eigenvalue weighted by atomic mass is 16.6. The highest BCUT2D eigenvalue weighted by Gasteiger charge is 2.36. The van der Waals surface area contributed by atoms with E-state index in [1.807, 2.05) is 59.7 Å². The van der Waals surface area contributed by atoms with Crippen LogP contribution in [0.5, 0.6) is 0 Å². The number of nitrogens with zero attached hydrogens (tertiary/aromatic N) is 2. The first kappa shape index (κ1) is 37.3. The molecule has 10 heteroatoms. The van der Waals surface area contributed by atoms with Crippen molar-refractivity contribution in [1.82, 2.24) is 15.1 Å². The van der Waals surface area contributed by atoms with E-state index in [9.17, 15) is 19.2 Å². The van der Waals surface area contributed by atoms with Gasteiger partial charge in [0.2, 0.25) is 5.91 Å². The van der Waals surface area contributed by atoms with Gasteiger partial charge in [0.1, 0.15) is 23.8 Å². The Labute approximate surface area is 275 Å². The summed E-state index contributed by atoms with van der Waals surface area (Å²) in [5.74, 6) is -0.430. The summed E-state index contributed by atoms with van der Waals surface area (Å²) >= 11 is 0. The average Bonchev–Trinajstić information content (AvgIpc) is 3.12. The highest BCUT2D eigenvalue weighted by molar-refractivity contribution is 5.87. The summed E-state index contributed by atoms with van der Waals surface area (Å²) in [4.78, 5) is 55.6. The number of benzene rings is 1. The lowest BCUT2D eigenvalue weighted by atomic mass is 9.91. The number of nitrogens with one attached hydrogen (secondary N) is 1. The van der Waals surface area contributed by atoms with E-state index in [4.69, 9.17) is 14.2 Å². The molecular weight excluding hydrogens is 586 g/mol. The summed E-state index contributed by atoms with van der Waals surface area (Å²) in [6.45, 7) is 14.7. The van der Waals surface area contributed by atoms with E-state index in [1.54, 1.807) is 16.7 Å². The number of ether oxygens (including phenoxy) is 3. The van der Waals surface area contributed by atoms with E-state index in [0.717, 1.165) is 44.1 Å². The number of piperidine rings is 1. The number of rotatable bonds is 12. The second-order valence-electron chi connectivity index (χ2n) is 14.7. The van der Waals surface area contributed by atoms with Crippen LogP contribution in [-0.4, -0.2) is 89.8 Å². The molecule has 0 saturated carbocycles. The smallest absolute Gasteiger partial charge is 0.410 e. The molecular formula is C36H57N3O7. The van der Waals surface area contributed by atoms with Crippen LogP contribution in [-0.2, 0) is 28.6 Å². The molecule has 2 amide bonds. The van der Waals surface area contributed by atoms with Gasteiger partial charge >= 0.3 is 18.0 Å². The van der Waals surface area contributed by atoms with E-state index in [0.29, 0.717) is 38.4 Å². The van der Waals surface area contributed by atoms with Crippen LogP contribution >= 0.6 is 0 Å². The molecule has 0 radical (unpaired) electrons. The van der Waals surface area contributed by atoms with Crippen LogP contribution in [0.3, 0.4) is 0 Å². The number of unbranched alkanes of at least 4 members (excludes halogenated alkanes) is 1. The zero-order valence-electron chi connectivity index (χ0n) is 29.1. The van der Waals surface area contributed by atoms with Crippen molar-refractivity contribution in [2.24, 2.45) is 5.92 Å². The number of hydrogen-bond acceptors (Lipinski definition) is 8. The zero-order chi connectivity index (χ0) is 33.9. The molecule has 0 aliphatic carbocycles. The van der Waals surface area contributed by atoms with Gasteiger partial charge in [0.15, 0.2) is 0 Å². The number of carbonyl (C=O) groups excluding carboxylic acids is 4. The van der Waals surface area contributed by atoms with Crippen LogP contribution in [0.4, 0.5) is 4.79 Å². The first-order chi connectivity index (χ1) is 21.6. The van der Waals surface area contributed by atoms with Crippen LogP contribution in [0.2, 0.25) is 0 Å². The van der Waals surface area contributed by atoms with Crippen LogP contribution in [0.15, 0.2) is 30.3 Å². The normalized spacial score (nSPS) is 20.5. The summed E-state index contributed by atoms with van der Waals surface area (Å²) in [6.07, 6.45) is 6.20. The molecule has 258 valence electrons. The van der Waals surface area contributed by atoms with Crippen molar-refractivity contribution in [1.29, 1.82) is 0 Å². The van der Waals surface area contributed by atoms with Gasteiger partial charge < -0.3 is 24.0 Å². The summed E-state index contributed by atoms with van der Waals surface area (Å²) in [5, 5.41) is 3.35. The second kappa shape index (κ2) is 17.1. The number of carbonyl (C=O) groups is 4. The van der Waals surface area contributed by atoms with Crippen molar-refractivity contribution in [2.75, 3.05) is 32.8 Å². The maximum absolute atomic E-state index is 13.9. The van der Waals surface area contributed by atoms with E-state index in [-0.39, 0.29) is 37.0 Å². The Bertz CT molecular complexity index is 1140. The minimum absolute atomic E-state index is 0.0576. The minimum Gasteiger partial charge on any atom is -0.465 e. The van der Waals surface area contributed by atoms with E-state index in [1.165, 1.54) is 0 Å². The molecule has 3 rings (SSSR count). The minimum atomic E-state index is -0.660. The lowest BCUT2D eigenvalue weighted by molar-refractivity contribution is -0.159. The van der Waals surface area contributed by atoms with Crippen LogP contribution < -0.4 is 5.32 Å². The monoisotopic (exact) mass is 643 g/mol. The standard InChI is InChI=1S/C36H57N3O7/c1-8-44-33(42)30(17-13-12-14-26-20-22-38(23-21-26)34(43)46-36(5,6)7)37-29-19-18-28(27-15-10-9-11-16-27)24-39(32(29)41)25-31(40)45-35(2,3)4/h9-11,15-16,26,28-30,37H,8,12-14,17-25H2,1-7H3/t28-,29-,30-/m0/s1. The molecule has 0 spiro atoms. The molecule has 2 fully saturated rings. The SMILES string of the molecule is CCOC(=O)[C@H](CCCCC1CCN(C(=O)OC(C)(C)C)CC1)N[C@H]1CC[C@H](c2ccccc2)CN(CC(=O)OC(C)(C)C)C1=O. The Hall–Kier alpha value is -3.14. The Morgan fingerprint density at radius 3 is 2.17 bits per heavy atom. The molecule has 2 aliphatic rings. The quantitative estimate of drug-likeness (QED) is 0.172.